The van der Waals surface area contributed by atoms with Gasteiger partial charge in [-0.1, -0.05) is 12.1 Å². The van der Waals surface area contributed by atoms with Crippen LogP contribution in [0.15, 0.2) is 22.7 Å². The SMILES string of the molecule is COc1ccc(-c2noc(CCC(=O)NN3C(=O)NC4(CCC(C)CC4)C3=O)n2)cc1OC. The molecule has 2 fully saturated rings. The number of methoxy groups -OCH3 is 2. The number of ether oxygens (including phenoxy) is 2. The van der Waals surface area contributed by atoms with Crippen molar-refractivity contribution in [2.24, 2.45) is 5.92 Å². The molecule has 1 aromatic carbocycles. The van der Waals surface area contributed by atoms with Crippen molar-refractivity contribution in [2.45, 2.75) is 51.0 Å². The van der Waals surface area contributed by atoms with Crippen molar-refractivity contribution in [1.82, 2.24) is 25.9 Å². The van der Waals surface area contributed by atoms with Crippen molar-refractivity contribution in [3.8, 4) is 22.9 Å². The third-order valence-corrected chi connectivity index (χ3v) is 6.20. The van der Waals surface area contributed by atoms with E-state index in [1.54, 1.807) is 25.3 Å². The van der Waals surface area contributed by atoms with Crippen molar-refractivity contribution in [3.63, 3.8) is 0 Å². The summed E-state index contributed by atoms with van der Waals surface area (Å²) < 4.78 is 15.7. The highest BCUT2D eigenvalue weighted by molar-refractivity contribution is 6.08. The molecule has 1 saturated carbocycles. The molecule has 1 spiro atoms. The van der Waals surface area contributed by atoms with Gasteiger partial charge in [0.1, 0.15) is 5.54 Å². The predicted octanol–water partition coefficient (Wildman–Crippen LogP) is 2.22. The highest BCUT2D eigenvalue weighted by Gasteiger charge is 2.52. The van der Waals surface area contributed by atoms with E-state index >= 15 is 0 Å². The van der Waals surface area contributed by atoms with Crippen LogP contribution in [0.4, 0.5) is 4.79 Å². The van der Waals surface area contributed by atoms with E-state index in [9.17, 15) is 14.4 Å². The van der Waals surface area contributed by atoms with Crippen LogP contribution in [0.5, 0.6) is 11.5 Å². The highest BCUT2D eigenvalue weighted by atomic mass is 16.5. The number of nitrogens with zero attached hydrogens (tertiary/aromatic N) is 3. The molecule has 1 aromatic heterocycles. The summed E-state index contributed by atoms with van der Waals surface area (Å²) in [6, 6.07) is 4.62. The maximum atomic E-state index is 12.8. The molecule has 2 aliphatic rings. The summed E-state index contributed by atoms with van der Waals surface area (Å²) in [5, 5.41) is 7.51. The first-order chi connectivity index (χ1) is 15.8. The van der Waals surface area contributed by atoms with E-state index in [1.165, 1.54) is 7.11 Å². The molecular formula is C22H27N5O6. The van der Waals surface area contributed by atoms with Crippen LogP contribution in [0.1, 0.15) is 44.9 Å². The van der Waals surface area contributed by atoms with Crippen LogP contribution in [-0.2, 0) is 16.0 Å². The summed E-state index contributed by atoms with van der Waals surface area (Å²) >= 11 is 0. The van der Waals surface area contributed by atoms with Crippen molar-refractivity contribution in [1.29, 1.82) is 0 Å². The standard InChI is InChI=1S/C22H27N5O6/c1-13-8-10-22(11-9-13)20(29)27(21(30)24-22)25-17(28)6-7-18-23-19(26-33-18)14-4-5-15(31-2)16(12-14)32-3/h4-5,12-13H,6-11H2,1-3H3,(H,24,30)(H,25,28). The van der Waals surface area contributed by atoms with Gasteiger partial charge in [0.15, 0.2) is 11.5 Å². The second-order valence-corrected chi connectivity index (χ2v) is 8.45. The average molecular weight is 457 g/mol. The molecule has 0 unspecified atom stereocenters. The van der Waals surface area contributed by atoms with Gasteiger partial charge in [-0.05, 0) is 49.8 Å². The topological polar surface area (TPSA) is 136 Å². The molecule has 11 nitrogen and oxygen atoms in total. The zero-order valence-electron chi connectivity index (χ0n) is 18.8. The molecule has 2 aromatic rings. The molecule has 0 radical (unpaired) electrons. The molecule has 0 atom stereocenters. The first-order valence-electron chi connectivity index (χ1n) is 10.9. The quantitative estimate of drug-likeness (QED) is 0.604. The number of carbonyl (C=O) groups is 3. The molecule has 1 aliphatic carbocycles. The van der Waals surface area contributed by atoms with Gasteiger partial charge in [0.2, 0.25) is 17.6 Å². The van der Waals surface area contributed by atoms with E-state index in [0.717, 1.165) is 17.9 Å². The summed E-state index contributed by atoms with van der Waals surface area (Å²) in [5.74, 6) is 1.32. The number of benzene rings is 1. The van der Waals surface area contributed by atoms with Crippen molar-refractivity contribution in [2.75, 3.05) is 14.2 Å². The zero-order valence-corrected chi connectivity index (χ0v) is 18.8. The lowest BCUT2D eigenvalue weighted by Gasteiger charge is -2.33. The number of rotatable bonds is 7. The van der Waals surface area contributed by atoms with Crippen LogP contribution in [0, 0.1) is 5.92 Å². The molecule has 33 heavy (non-hydrogen) atoms. The van der Waals surface area contributed by atoms with Crippen molar-refractivity contribution >= 4 is 17.8 Å². The van der Waals surface area contributed by atoms with E-state index in [1.807, 2.05) is 0 Å². The van der Waals surface area contributed by atoms with Crippen LogP contribution >= 0.6 is 0 Å². The maximum Gasteiger partial charge on any atom is 0.344 e. The monoisotopic (exact) mass is 457 g/mol. The van der Waals surface area contributed by atoms with Crippen molar-refractivity contribution < 1.29 is 28.4 Å². The molecule has 0 bridgehead atoms. The zero-order chi connectivity index (χ0) is 23.6. The molecule has 1 aliphatic heterocycles. The lowest BCUT2D eigenvalue weighted by atomic mass is 9.77. The Kier molecular flexibility index (Phi) is 6.21. The Morgan fingerprint density at radius 2 is 1.97 bits per heavy atom. The Morgan fingerprint density at radius 1 is 1.24 bits per heavy atom. The first-order valence-corrected chi connectivity index (χ1v) is 10.9. The van der Waals surface area contributed by atoms with Gasteiger partial charge < -0.3 is 19.3 Å². The Hall–Kier alpha value is -3.63. The summed E-state index contributed by atoms with van der Waals surface area (Å²) in [6.45, 7) is 2.13. The van der Waals surface area contributed by atoms with Crippen LogP contribution in [0.2, 0.25) is 0 Å². The number of hydrogen-bond acceptors (Lipinski definition) is 8. The summed E-state index contributed by atoms with van der Waals surface area (Å²) in [6.07, 6.45) is 2.98. The van der Waals surface area contributed by atoms with Gasteiger partial charge in [0.05, 0.1) is 14.2 Å². The Bertz CT molecular complexity index is 1060. The number of aryl methyl sites for hydroxylation is 1. The minimum absolute atomic E-state index is 0.0331. The van der Waals surface area contributed by atoms with Gasteiger partial charge in [-0.2, -0.15) is 9.99 Å². The van der Waals surface area contributed by atoms with Crippen LogP contribution in [0.25, 0.3) is 11.4 Å². The third-order valence-electron chi connectivity index (χ3n) is 6.20. The van der Waals surface area contributed by atoms with E-state index < -0.39 is 23.4 Å². The number of amides is 4. The number of aromatic nitrogens is 2. The van der Waals surface area contributed by atoms with Gasteiger partial charge in [-0.15, -0.1) is 0 Å². The van der Waals surface area contributed by atoms with Gasteiger partial charge in [-0.3, -0.25) is 15.0 Å². The van der Waals surface area contributed by atoms with E-state index in [-0.39, 0.29) is 18.7 Å². The molecule has 2 N–H and O–H groups in total. The van der Waals surface area contributed by atoms with E-state index in [4.69, 9.17) is 14.0 Å². The third kappa shape index (κ3) is 4.48. The summed E-state index contributed by atoms with van der Waals surface area (Å²) in [4.78, 5) is 41.9. The lowest BCUT2D eigenvalue weighted by molar-refractivity contribution is -0.140. The first kappa shape index (κ1) is 22.6. The fourth-order valence-corrected chi connectivity index (χ4v) is 4.17. The number of imide groups is 1. The Labute approximate surface area is 190 Å². The van der Waals surface area contributed by atoms with Crippen LogP contribution < -0.4 is 20.2 Å². The highest BCUT2D eigenvalue weighted by Crippen LogP contribution is 2.36. The summed E-state index contributed by atoms with van der Waals surface area (Å²) in [7, 11) is 3.08. The molecular weight excluding hydrogens is 430 g/mol. The number of hydrazine groups is 1. The second-order valence-electron chi connectivity index (χ2n) is 8.45. The van der Waals surface area contributed by atoms with E-state index in [0.29, 0.717) is 41.6 Å². The smallest absolute Gasteiger partial charge is 0.344 e. The summed E-state index contributed by atoms with van der Waals surface area (Å²) in [5.41, 5.74) is 2.17. The van der Waals surface area contributed by atoms with E-state index in [2.05, 4.69) is 27.8 Å². The number of hydrogen-bond donors (Lipinski definition) is 2. The minimum Gasteiger partial charge on any atom is -0.493 e. The fourth-order valence-electron chi connectivity index (χ4n) is 4.17. The molecule has 4 rings (SSSR count). The Balaban J connectivity index is 1.34. The number of nitrogens with one attached hydrogen (secondary N) is 2. The second kappa shape index (κ2) is 9.08. The molecule has 11 heteroatoms. The fraction of sp³-hybridized carbons (Fsp3) is 0.500. The number of carbonyl (C=O) groups excluding carboxylic acids is 3. The molecule has 2 heterocycles. The van der Waals surface area contributed by atoms with Gasteiger partial charge in [0.25, 0.3) is 5.91 Å². The van der Waals surface area contributed by atoms with Crippen LogP contribution in [0.3, 0.4) is 0 Å². The predicted molar refractivity (Wildman–Crippen MR) is 115 cm³/mol. The largest absolute Gasteiger partial charge is 0.493 e. The van der Waals surface area contributed by atoms with Gasteiger partial charge >= 0.3 is 6.03 Å². The van der Waals surface area contributed by atoms with Crippen molar-refractivity contribution in [3.05, 3.63) is 24.1 Å². The van der Waals surface area contributed by atoms with Gasteiger partial charge in [-0.25, -0.2) is 4.79 Å². The van der Waals surface area contributed by atoms with Crippen LogP contribution in [-0.4, -0.2) is 52.8 Å². The molecule has 176 valence electrons. The van der Waals surface area contributed by atoms with Gasteiger partial charge in [0, 0.05) is 18.4 Å². The number of urea groups is 1. The lowest BCUT2D eigenvalue weighted by Crippen LogP contribution is -2.51. The molecule has 1 saturated heterocycles. The average Bonchev–Trinajstić information content (AvgIpc) is 3.38. The minimum atomic E-state index is -0.905. The maximum absolute atomic E-state index is 12.8. The Morgan fingerprint density at radius 3 is 2.67 bits per heavy atom. The normalized spacial score (nSPS) is 22.4. The molecule has 4 amide bonds.